The lowest BCUT2D eigenvalue weighted by molar-refractivity contribution is 0.252. The molecule has 0 saturated heterocycles. The van der Waals surface area contributed by atoms with Crippen LogP contribution in [-0.4, -0.2) is 42.7 Å². The summed E-state index contributed by atoms with van der Waals surface area (Å²) in [7, 11) is 0. The highest BCUT2D eigenvalue weighted by atomic mass is 32.1. The van der Waals surface area contributed by atoms with E-state index in [2.05, 4.69) is 40.8 Å². The van der Waals surface area contributed by atoms with Crippen LogP contribution in [0.3, 0.4) is 0 Å². The second-order valence-corrected chi connectivity index (χ2v) is 8.22. The Labute approximate surface area is 206 Å². The fourth-order valence-electron chi connectivity index (χ4n) is 3.41. The monoisotopic (exact) mass is 504 g/mol. The number of carbonyl (C=O) groups is 1. The summed E-state index contributed by atoms with van der Waals surface area (Å²) in [4.78, 5) is 40.4. The van der Waals surface area contributed by atoms with Gasteiger partial charge in [-0.25, -0.2) is 29.6 Å². The molecule has 5 aromatic rings. The number of aromatic amines is 1. The first-order valence-electron chi connectivity index (χ1n) is 10.6. The molecule has 0 radical (unpaired) electrons. The number of H-pyrrole nitrogens is 1. The smallest absolute Gasteiger partial charge is 0.388 e. The topological polar surface area (TPSA) is 152 Å². The van der Waals surface area contributed by atoms with E-state index in [4.69, 9.17) is 4.42 Å². The van der Waals surface area contributed by atoms with Crippen LogP contribution in [0, 0.1) is 5.95 Å². The Morgan fingerprint density at radius 1 is 1.14 bits per heavy atom. The summed E-state index contributed by atoms with van der Waals surface area (Å²) in [5.41, 5.74) is 3.06. The second-order valence-electron chi connectivity index (χ2n) is 7.36. The number of halogens is 1. The van der Waals surface area contributed by atoms with Crippen LogP contribution in [-0.2, 0) is 0 Å². The number of aromatic nitrogens is 6. The van der Waals surface area contributed by atoms with Crippen molar-refractivity contribution in [3.63, 3.8) is 0 Å². The van der Waals surface area contributed by atoms with Crippen LogP contribution in [0.15, 0.2) is 63.6 Å². The van der Waals surface area contributed by atoms with Gasteiger partial charge in [0.05, 0.1) is 16.8 Å². The van der Waals surface area contributed by atoms with Gasteiger partial charge >= 0.3 is 11.8 Å². The van der Waals surface area contributed by atoms with E-state index in [-0.39, 0.29) is 11.5 Å². The number of anilines is 1. The summed E-state index contributed by atoms with van der Waals surface area (Å²) in [6.45, 7) is 2.25. The lowest BCUT2D eigenvalue weighted by atomic mass is 10.0. The van der Waals surface area contributed by atoms with Gasteiger partial charge in [-0.2, -0.15) is 4.39 Å². The van der Waals surface area contributed by atoms with E-state index >= 15 is 0 Å². The largest absolute Gasteiger partial charge is 0.434 e. The molecule has 0 unspecified atom stereocenters. The summed E-state index contributed by atoms with van der Waals surface area (Å²) in [6.07, 6.45) is 6.06. The zero-order valence-corrected chi connectivity index (χ0v) is 19.5. The highest BCUT2D eigenvalue weighted by Crippen LogP contribution is 2.37. The minimum Gasteiger partial charge on any atom is -0.388 e. The summed E-state index contributed by atoms with van der Waals surface area (Å²) in [5.74, 6) is -0.926. The Kier molecular flexibility index (Phi) is 6.28. The maximum Gasteiger partial charge on any atom is 0.434 e. The molecule has 0 saturated carbocycles. The zero-order chi connectivity index (χ0) is 25.1. The number of thiazole rings is 1. The van der Waals surface area contributed by atoms with Gasteiger partial charge in [-0.15, -0.1) is 16.4 Å². The number of nitrogens with zero attached hydrogens (tertiary/aromatic N) is 5. The molecule has 36 heavy (non-hydrogen) atoms. The normalized spacial score (nSPS) is 10.8. The van der Waals surface area contributed by atoms with Gasteiger partial charge in [0.25, 0.3) is 5.89 Å². The highest BCUT2D eigenvalue weighted by molar-refractivity contribution is 7.13. The highest BCUT2D eigenvalue weighted by Gasteiger charge is 2.18. The minimum atomic E-state index is -0.684. The number of urea groups is 1. The van der Waals surface area contributed by atoms with E-state index in [0.29, 0.717) is 45.3 Å². The lowest BCUT2D eigenvalue weighted by Gasteiger charge is -2.11. The summed E-state index contributed by atoms with van der Waals surface area (Å²) in [6, 6.07) is 6.24. The molecule has 2 amide bonds. The number of hydrogen-bond acceptors (Lipinski definition) is 9. The van der Waals surface area contributed by atoms with Crippen LogP contribution in [0.25, 0.3) is 44.4 Å². The van der Waals surface area contributed by atoms with Crippen molar-refractivity contribution in [1.82, 2.24) is 35.5 Å². The molecular formula is C23H17FN8O3S. The Bertz CT molecular complexity index is 1610. The van der Waals surface area contributed by atoms with Crippen LogP contribution in [0.4, 0.5) is 15.0 Å². The first kappa shape index (κ1) is 23.0. The molecule has 5 rings (SSSR count). The standard InChI is InChI=1S/C23H17FN8O3S/c1-2-26-22(33)30-18-7-15(21-29-17(11-36-21)14-4-3-5-27-19(14)24)16(10-28-18)12-6-13(9-25-8-12)20-31-32-23(34)35-20/h3-11H,2H2,1H3,(H,32,34)(H2,26,28,30,33). The Hall–Kier alpha value is -4.78. The average molecular weight is 505 g/mol. The number of carbonyl (C=O) groups excluding carboxylic acids is 1. The van der Waals surface area contributed by atoms with Crippen molar-refractivity contribution in [3.05, 3.63) is 70.9 Å². The van der Waals surface area contributed by atoms with E-state index in [1.54, 1.807) is 49.0 Å². The number of rotatable bonds is 6. The van der Waals surface area contributed by atoms with Crippen LogP contribution < -0.4 is 16.4 Å². The minimum absolute atomic E-state index is 0.0852. The SMILES string of the molecule is CCNC(=O)Nc1cc(-c2nc(-c3cccnc3F)cs2)c(-c2cncc(-c3n[nH]c(=O)o3)c2)cn1. The van der Waals surface area contributed by atoms with Gasteiger partial charge in [-0.05, 0) is 31.2 Å². The van der Waals surface area contributed by atoms with Gasteiger partial charge in [0.15, 0.2) is 0 Å². The zero-order valence-electron chi connectivity index (χ0n) is 18.7. The molecular weight excluding hydrogens is 487 g/mol. The fraction of sp³-hybridized carbons (Fsp3) is 0.0870. The van der Waals surface area contributed by atoms with Crippen molar-refractivity contribution in [2.75, 3.05) is 11.9 Å². The van der Waals surface area contributed by atoms with Crippen LogP contribution in [0.2, 0.25) is 0 Å². The average Bonchev–Trinajstić information content (AvgIpc) is 3.54. The van der Waals surface area contributed by atoms with Crippen LogP contribution in [0.5, 0.6) is 0 Å². The van der Waals surface area contributed by atoms with Crippen molar-refractivity contribution < 1.29 is 13.6 Å². The quantitative estimate of drug-likeness (QED) is 0.294. The van der Waals surface area contributed by atoms with Crippen molar-refractivity contribution in [2.45, 2.75) is 6.92 Å². The van der Waals surface area contributed by atoms with Gasteiger partial charge in [0.2, 0.25) is 5.95 Å². The lowest BCUT2D eigenvalue weighted by Crippen LogP contribution is -2.28. The maximum absolute atomic E-state index is 14.3. The van der Waals surface area contributed by atoms with Gasteiger partial charge in [0.1, 0.15) is 10.8 Å². The van der Waals surface area contributed by atoms with Crippen molar-refractivity contribution >= 4 is 23.2 Å². The molecule has 0 spiro atoms. The number of nitrogens with one attached hydrogen (secondary N) is 3. The van der Waals surface area contributed by atoms with Gasteiger partial charge < -0.3 is 9.73 Å². The third kappa shape index (κ3) is 4.72. The van der Waals surface area contributed by atoms with Crippen molar-refractivity contribution in [2.24, 2.45) is 0 Å². The predicted molar refractivity (Wildman–Crippen MR) is 131 cm³/mol. The molecule has 5 heterocycles. The van der Waals surface area contributed by atoms with E-state index in [1.165, 1.54) is 23.7 Å². The number of hydrogen-bond donors (Lipinski definition) is 3. The van der Waals surface area contributed by atoms with E-state index in [0.717, 1.165) is 0 Å². The molecule has 0 aromatic carbocycles. The van der Waals surface area contributed by atoms with E-state index in [9.17, 15) is 14.0 Å². The van der Waals surface area contributed by atoms with Gasteiger partial charge in [0, 0.05) is 53.4 Å². The molecule has 13 heteroatoms. The molecule has 11 nitrogen and oxygen atoms in total. The summed E-state index contributed by atoms with van der Waals surface area (Å²) in [5, 5.41) is 13.7. The first-order chi connectivity index (χ1) is 17.5. The number of amides is 2. The second kappa shape index (κ2) is 9.84. The number of pyridine rings is 3. The van der Waals surface area contributed by atoms with Crippen molar-refractivity contribution in [1.29, 1.82) is 0 Å². The van der Waals surface area contributed by atoms with Crippen molar-refractivity contribution in [3.8, 4) is 44.4 Å². The van der Waals surface area contributed by atoms with Crippen LogP contribution in [0.1, 0.15) is 6.92 Å². The molecule has 0 aliphatic rings. The molecule has 5 aromatic heterocycles. The third-order valence-corrected chi connectivity index (χ3v) is 5.86. The summed E-state index contributed by atoms with van der Waals surface area (Å²) < 4.78 is 19.3. The van der Waals surface area contributed by atoms with E-state index < -0.39 is 17.7 Å². The molecule has 0 fully saturated rings. The molecule has 3 N–H and O–H groups in total. The fourth-order valence-corrected chi connectivity index (χ4v) is 4.26. The maximum atomic E-state index is 14.3. The molecule has 0 atom stereocenters. The third-order valence-electron chi connectivity index (χ3n) is 4.99. The predicted octanol–water partition coefficient (Wildman–Crippen LogP) is 3.95. The van der Waals surface area contributed by atoms with Gasteiger partial charge in [-0.1, -0.05) is 0 Å². The van der Waals surface area contributed by atoms with E-state index in [1.807, 2.05) is 0 Å². The van der Waals surface area contributed by atoms with Crippen LogP contribution >= 0.6 is 11.3 Å². The molecule has 0 bridgehead atoms. The molecule has 180 valence electrons. The summed E-state index contributed by atoms with van der Waals surface area (Å²) >= 11 is 1.30. The molecule has 0 aliphatic carbocycles. The van der Waals surface area contributed by atoms with Gasteiger partial charge in [-0.3, -0.25) is 10.3 Å². The molecule has 0 aliphatic heterocycles. The first-order valence-corrected chi connectivity index (χ1v) is 11.5. The Balaban J connectivity index is 1.61. The Morgan fingerprint density at radius 2 is 2.00 bits per heavy atom. The Morgan fingerprint density at radius 3 is 2.78 bits per heavy atom.